The second-order valence-electron chi connectivity index (χ2n) is 6.58. The Balaban J connectivity index is 2.22. The minimum Gasteiger partial charge on any atom is -0.341 e. The molecule has 11 heteroatoms. The van der Waals surface area contributed by atoms with Gasteiger partial charge in [0.1, 0.15) is 5.82 Å². The van der Waals surface area contributed by atoms with Gasteiger partial charge in [0.2, 0.25) is 0 Å². The third kappa shape index (κ3) is 6.43. The molecule has 0 heterocycles. The highest BCUT2D eigenvalue weighted by Crippen LogP contribution is 2.35. The summed E-state index contributed by atoms with van der Waals surface area (Å²) in [6.45, 7) is 1.70. The first-order valence-corrected chi connectivity index (χ1v) is 8.98. The molecule has 0 saturated carbocycles. The molecule has 4 nitrogen and oxygen atoms in total. The van der Waals surface area contributed by atoms with Gasteiger partial charge in [-0.05, 0) is 42.3 Å². The van der Waals surface area contributed by atoms with E-state index in [1.54, 1.807) is 12.2 Å². The van der Waals surface area contributed by atoms with Crippen molar-refractivity contribution in [3.05, 3.63) is 65.0 Å². The van der Waals surface area contributed by atoms with Crippen LogP contribution in [-0.2, 0) is 21.9 Å². The topological polar surface area (TPSA) is 58.2 Å². The van der Waals surface area contributed by atoms with Crippen molar-refractivity contribution in [2.75, 3.05) is 5.32 Å². The van der Waals surface area contributed by atoms with Gasteiger partial charge < -0.3 is 10.6 Å². The van der Waals surface area contributed by atoms with Crippen LogP contribution in [0.25, 0.3) is 0 Å². The molecule has 2 aromatic carbocycles. The van der Waals surface area contributed by atoms with Crippen molar-refractivity contribution < 1.29 is 40.3 Å². The number of anilines is 1. The lowest BCUT2D eigenvalue weighted by Crippen LogP contribution is -2.38. The summed E-state index contributed by atoms with van der Waals surface area (Å²) in [5.74, 6) is -4.03. The first kappa shape index (κ1) is 24.2. The lowest BCUT2D eigenvalue weighted by atomic mass is 10.00. The van der Waals surface area contributed by atoms with E-state index in [1.807, 2.05) is 0 Å². The SMILES string of the molecule is CCC[C@H](NC(=O)C(=O)Nc1ccc(F)cc1C(F)(F)F)c1cccc(C(F)(F)F)c1. The molecule has 0 aliphatic carbocycles. The average molecular weight is 450 g/mol. The third-order valence-corrected chi connectivity index (χ3v) is 4.24. The van der Waals surface area contributed by atoms with Crippen LogP contribution in [0.2, 0.25) is 0 Å². The van der Waals surface area contributed by atoms with Gasteiger partial charge in [-0.2, -0.15) is 26.3 Å². The first-order valence-electron chi connectivity index (χ1n) is 8.98. The number of carbonyl (C=O) groups excluding carboxylic acids is 2. The van der Waals surface area contributed by atoms with Crippen LogP contribution in [0.5, 0.6) is 0 Å². The van der Waals surface area contributed by atoms with E-state index in [2.05, 4.69) is 5.32 Å². The molecular weight excluding hydrogens is 433 g/mol. The van der Waals surface area contributed by atoms with Gasteiger partial charge in [0.15, 0.2) is 0 Å². The van der Waals surface area contributed by atoms with Crippen molar-refractivity contribution in [1.29, 1.82) is 0 Å². The van der Waals surface area contributed by atoms with Gasteiger partial charge in [0.25, 0.3) is 0 Å². The zero-order chi connectivity index (χ0) is 23.4. The van der Waals surface area contributed by atoms with E-state index in [0.717, 1.165) is 18.2 Å². The molecule has 0 bridgehead atoms. The van der Waals surface area contributed by atoms with Crippen molar-refractivity contribution in [2.24, 2.45) is 0 Å². The summed E-state index contributed by atoms with van der Waals surface area (Å²) in [6.07, 6.45) is -9.02. The summed E-state index contributed by atoms with van der Waals surface area (Å²) in [7, 11) is 0. The normalized spacial score (nSPS) is 12.9. The number of hydrogen-bond donors (Lipinski definition) is 2. The van der Waals surface area contributed by atoms with E-state index >= 15 is 0 Å². The standard InChI is InChI=1S/C20H17F7N2O2/c1-2-4-15(11-5-3-6-12(9-11)19(22,23)24)28-17(30)18(31)29-16-8-7-13(21)10-14(16)20(25,26)27/h3,5-10,15H,2,4H2,1H3,(H,28,30)(H,29,31)/t15-/m0/s1. The highest BCUT2D eigenvalue weighted by molar-refractivity contribution is 6.39. The fourth-order valence-corrected chi connectivity index (χ4v) is 2.81. The Morgan fingerprint density at radius 3 is 2.19 bits per heavy atom. The van der Waals surface area contributed by atoms with Crippen LogP contribution in [0.15, 0.2) is 42.5 Å². The predicted molar refractivity (Wildman–Crippen MR) is 97.3 cm³/mol. The molecule has 2 rings (SSSR count). The molecule has 0 spiro atoms. The highest BCUT2D eigenvalue weighted by atomic mass is 19.4. The molecule has 0 saturated heterocycles. The van der Waals surface area contributed by atoms with Crippen molar-refractivity contribution in [3.63, 3.8) is 0 Å². The van der Waals surface area contributed by atoms with E-state index in [9.17, 15) is 40.3 Å². The van der Waals surface area contributed by atoms with E-state index in [-0.39, 0.29) is 18.1 Å². The van der Waals surface area contributed by atoms with Crippen LogP contribution in [0.1, 0.15) is 42.5 Å². The van der Waals surface area contributed by atoms with Crippen LogP contribution < -0.4 is 10.6 Å². The maximum absolute atomic E-state index is 13.2. The number of rotatable bonds is 5. The Bertz CT molecular complexity index is 955. The molecule has 2 aromatic rings. The molecule has 2 amide bonds. The number of hydrogen-bond acceptors (Lipinski definition) is 2. The molecule has 0 aliphatic heterocycles. The van der Waals surface area contributed by atoms with Crippen LogP contribution in [0.4, 0.5) is 36.4 Å². The molecule has 0 fully saturated rings. The second-order valence-corrected chi connectivity index (χ2v) is 6.58. The van der Waals surface area contributed by atoms with E-state index in [0.29, 0.717) is 18.6 Å². The summed E-state index contributed by atoms with van der Waals surface area (Å²) in [5, 5.41) is 3.99. The van der Waals surface area contributed by atoms with Gasteiger partial charge >= 0.3 is 24.2 Å². The predicted octanol–water partition coefficient (Wildman–Crippen LogP) is 5.46. The fourth-order valence-electron chi connectivity index (χ4n) is 2.81. The van der Waals surface area contributed by atoms with Crippen LogP contribution in [0.3, 0.4) is 0 Å². The number of nitrogens with one attached hydrogen (secondary N) is 2. The van der Waals surface area contributed by atoms with Gasteiger partial charge in [-0.1, -0.05) is 25.5 Å². The monoisotopic (exact) mass is 450 g/mol. The van der Waals surface area contributed by atoms with E-state index < -0.39 is 52.8 Å². The molecule has 2 N–H and O–H groups in total. The molecular formula is C20H17F7N2O2. The Kier molecular flexibility index (Phi) is 7.29. The summed E-state index contributed by atoms with van der Waals surface area (Å²) < 4.78 is 91.1. The van der Waals surface area contributed by atoms with Gasteiger partial charge in [-0.3, -0.25) is 9.59 Å². The van der Waals surface area contributed by atoms with Crippen molar-refractivity contribution >= 4 is 17.5 Å². The van der Waals surface area contributed by atoms with Crippen molar-refractivity contribution in [2.45, 2.75) is 38.2 Å². The Hall–Kier alpha value is -3.11. The van der Waals surface area contributed by atoms with Crippen LogP contribution in [0, 0.1) is 5.82 Å². The molecule has 1 atom stereocenters. The number of alkyl halides is 6. The Labute approximate surface area is 172 Å². The van der Waals surface area contributed by atoms with Crippen LogP contribution >= 0.6 is 0 Å². The average Bonchev–Trinajstić information content (AvgIpc) is 2.67. The quantitative estimate of drug-likeness (QED) is 0.470. The first-order chi connectivity index (χ1) is 14.3. The lowest BCUT2D eigenvalue weighted by molar-refractivity contribution is -0.139. The Morgan fingerprint density at radius 2 is 1.61 bits per heavy atom. The highest BCUT2D eigenvalue weighted by Gasteiger charge is 2.35. The number of benzene rings is 2. The molecule has 0 radical (unpaired) electrons. The van der Waals surface area contributed by atoms with Gasteiger partial charge in [-0.15, -0.1) is 0 Å². The minimum absolute atomic E-state index is 0.0792. The molecule has 0 aliphatic rings. The zero-order valence-electron chi connectivity index (χ0n) is 16.0. The van der Waals surface area contributed by atoms with E-state index in [1.165, 1.54) is 6.07 Å². The van der Waals surface area contributed by atoms with Gasteiger partial charge in [0, 0.05) is 0 Å². The second kappa shape index (κ2) is 9.36. The number of amides is 2. The van der Waals surface area contributed by atoms with Crippen LogP contribution in [-0.4, -0.2) is 11.8 Å². The molecule has 0 aromatic heterocycles. The van der Waals surface area contributed by atoms with E-state index in [4.69, 9.17) is 0 Å². The van der Waals surface area contributed by atoms with Crippen molar-refractivity contribution in [3.8, 4) is 0 Å². The largest absolute Gasteiger partial charge is 0.418 e. The lowest BCUT2D eigenvalue weighted by Gasteiger charge is -2.20. The maximum Gasteiger partial charge on any atom is 0.418 e. The van der Waals surface area contributed by atoms with Gasteiger partial charge in [-0.25, -0.2) is 4.39 Å². The fraction of sp³-hybridized carbons (Fsp3) is 0.300. The smallest absolute Gasteiger partial charge is 0.341 e. The molecule has 168 valence electrons. The molecule has 31 heavy (non-hydrogen) atoms. The summed E-state index contributed by atoms with van der Waals surface area (Å²) in [6, 6.07) is 4.63. The molecule has 0 unspecified atom stereocenters. The summed E-state index contributed by atoms with van der Waals surface area (Å²) >= 11 is 0. The van der Waals surface area contributed by atoms with Crippen molar-refractivity contribution in [1.82, 2.24) is 5.32 Å². The number of carbonyl (C=O) groups is 2. The minimum atomic E-state index is -5.00. The maximum atomic E-state index is 13.2. The third-order valence-electron chi connectivity index (χ3n) is 4.24. The number of halogens is 7. The zero-order valence-corrected chi connectivity index (χ0v) is 16.0. The summed E-state index contributed by atoms with van der Waals surface area (Å²) in [5.41, 5.74) is -3.20. The Morgan fingerprint density at radius 1 is 0.935 bits per heavy atom. The summed E-state index contributed by atoms with van der Waals surface area (Å²) in [4.78, 5) is 24.3. The van der Waals surface area contributed by atoms with Gasteiger partial charge in [0.05, 0.1) is 22.9 Å².